The second kappa shape index (κ2) is 5.59. The van der Waals surface area contributed by atoms with Crippen molar-refractivity contribution in [1.82, 2.24) is 5.32 Å². The highest BCUT2D eigenvalue weighted by molar-refractivity contribution is 6.30. The Morgan fingerprint density at radius 2 is 2.11 bits per heavy atom. The van der Waals surface area contributed by atoms with Gasteiger partial charge in [-0.25, -0.2) is 0 Å². The molecule has 3 N–H and O–H groups in total. The fourth-order valence-electron chi connectivity index (χ4n) is 2.21. The van der Waals surface area contributed by atoms with Gasteiger partial charge >= 0.3 is 0 Å². The minimum absolute atomic E-state index is 0.00296. The molecule has 0 radical (unpaired) electrons. The molecule has 1 aromatic carbocycles. The average molecular weight is 268 g/mol. The van der Waals surface area contributed by atoms with Crippen molar-refractivity contribution in [2.75, 3.05) is 24.5 Å². The van der Waals surface area contributed by atoms with Crippen LogP contribution < -0.4 is 16.0 Å². The first-order valence-corrected chi connectivity index (χ1v) is 6.49. The smallest absolute Gasteiger partial charge is 0.244 e. The zero-order chi connectivity index (χ0) is 13.1. The molecule has 0 bridgehead atoms. The van der Waals surface area contributed by atoms with Gasteiger partial charge in [-0.3, -0.25) is 4.79 Å². The van der Waals surface area contributed by atoms with E-state index in [0.717, 1.165) is 12.2 Å². The molecule has 18 heavy (non-hydrogen) atoms. The van der Waals surface area contributed by atoms with Gasteiger partial charge in [0.25, 0.3) is 0 Å². The Balaban J connectivity index is 2.30. The number of carbonyl (C=O) groups is 1. The Bertz CT molecular complexity index is 421. The molecule has 1 amide bonds. The summed E-state index contributed by atoms with van der Waals surface area (Å²) in [5, 5.41) is 3.61. The van der Waals surface area contributed by atoms with Crippen LogP contribution in [0.25, 0.3) is 0 Å². The fraction of sp³-hybridized carbons (Fsp3) is 0.462. The molecular weight excluding hydrogens is 250 g/mol. The number of rotatable bonds is 2. The van der Waals surface area contributed by atoms with Gasteiger partial charge in [0.05, 0.1) is 0 Å². The number of nitrogens with one attached hydrogen (secondary N) is 1. The van der Waals surface area contributed by atoms with Gasteiger partial charge in [0, 0.05) is 30.3 Å². The van der Waals surface area contributed by atoms with Crippen LogP contribution in [-0.2, 0) is 4.79 Å². The molecule has 1 aliphatic rings. The van der Waals surface area contributed by atoms with E-state index < -0.39 is 0 Å². The van der Waals surface area contributed by atoms with Crippen molar-refractivity contribution in [3.63, 3.8) is 0 Å². The van der Waals surface area contributed by atoms with Crippen LogP contribution in [0.1, 0.15) is 6.92 Å². The van der Waals surface area contributed by atoms with Gasteiger partial charge < -0.3 is 16.0 Å². The van der Waals surface area contributed by atoms with Gasteiger partial charge in [0.1, 0.15) is 6.04 Å². The first-order chi connectivity index (χ1) is 8.61. The molecule has 98 valence electrons. The quantitative estimate of drug-likeness (QED) is 0.848. The van der Waals surface area contributed by atoms with E-state index in [2.05, 4.69) is 17.1 Å². The standard InChI is InChI=1S/C13H18ClN3O/c1-9-7-16-13(18)12(6-15)17(8-9)11-4-2-10(14)3-5-11/h2-5,9,12H,6-8,15H2,1H3,(H,16,18). The minimum Gasteiger partial charge on any atom is -0.358 e. The van der Waals surface area contributed by atoms with Crippen LogP contribution in [0.15, 0.2) is 24.3 Å². The molecule has 1 aliphatic heterocycles. The molecule has 1 fully saturated rings. The Hall–Kier alpha value is -1.26. The molecule has 1 aromatic rings. The van der Waals surface area contributed by atoms with Gasteiger partial charge in [-0.05, 0) is 30.2 Å². The third-order valence-corrected chi connectivity index (χ3v) is 3.45. The minimum atomic E-state index is -0.309. The van der Waals surface area contributed by atoms with Gasteiger partial charge in [-0.1, -0.05) is 18.5 Å². The van der Waals surface area contributed by atoms with E-state index in [-0.39, 0.29) is 11.9 Å². The summed E-state index contributed by atoms with van der Waals surface area (Å²) in [5.74, 6) is 0.387. The number of amides is 1. The predicted octanol–water partition coefficient (Wildman–Crippen LogP) is 1.24. The summed E-state index contributed by atoms with van der Waals surface area (Å²) in [6.07, 6.45) is 0. The number of nitrogens with zero attached hydrogens (tertiary/aromatic N) is 1. The van der Waals surface area contributed by atoms with Crippen molar-refractivity contribution >= 4 is 23.2 Å². The maximum absolute atomic E-state index is 12.0. The number of carbonyl (C=O) groups excluding carboxylic acids is 1. The molecule has 0 aromatic heterocycles. The third-order valence-electron chi connectivity index (χ3n) is 3.19. The van der Waals surface area contributed by atoms with E-state index >= 15 is 0 Å². The van der Waals surface area contributed by atoms with Crippen molar-refractivity contribution in [1.29, 1.82) is 0 Å². The summed E-state index contributed by atoms with van der Waals surface area (Å²) < 4.78 is 0. The highest BCUT2D eigenvalue weighted by Gasteiger charge is 2.29. The third kappa shape index (κ3) is 2.76. The molecule has 4 nitrogen and oxygen atoms in total. The fourth-order valence-corrected chi connectivity index (χ4v) is 2.34. The monoisotopic (exact) mass is 267 g/mol. The molecule has 0 aliphatic carbocycles. The molecule has 1 heterocycles. The zero-order valence-corrected chi connectivity index (χ0v) is 11.2. The highest BCUT2D eigenvalue weighted by Crippen LogP contribution is 2.22. The Labute approximate surface area is 112 Å². The van der Waals surface area contributed by atoms with Gasteiger partial charge in [0.15, 0.2) is 0 Å². The summed E-state index contributed by atoms with van der Waals surface area (Å²) >= 11 is 5.89. The van der Waals surface area contributed by atoms with Gasteiger partial charge in [0.2, 0.25) is 5.91 Å². The summed E-state index contributed by atoms with van der Waals surface area (Å²) in [6.45, 7) is 3.92. The summed E-state index contributed by atoms with van der Waals surface area (Å²) in [7, 11) is 0. The summed E-state index contributed by atoms with van der Waals surface area (Å²) in [4.78, 5) is 14.0. The Kier molecular flexibility index (Phi) is 4.09. The number of benzene rings is 1. The number of hydrogen-bond acceptors (Lipinski definition) is 3. The van der Waals surface area contributed by atoms with Crippen LogP contribution in [0.2, 0.25) is 5.02 Å². The molecule has 2 unspecified atom stereocenters. The molecule has 2 rings (SSSR count). The normalized spacial score (nSPS) is 24.6. The first-order valence-electron chi connectivity index (χ1n) is 6.12. The molecule has 1 saturated heterocycles. The average Bonchev–Trinajstić information content (AvgIpc) is 2.50. The van der Waals surface area contributed by atoms with Crippen molar-refractivity contribution in [2.24, 2.45) is 11.7 Å². The predicted molar refractivity (Wildman–Crippen MR) is 73.8 cm³/mol. The van der Waals surface area contributed by atoms with Gasteiger partial charge in [-0.15, -0.1) is 0 Å². The summed E-state index contributed by atoms with van der Waals surface area (Å²) in [5.41, 5.74) is 6.72. The number of anilines is 1. The lowest BCUT2D eigenvalue weighted by Gasteiger charge is -2.30. The molecule has 5 heteroatoms. The van der Waals surface area contributed by atoms with E-state index in [1.54, 1.807) is 0 Å². The number of nitrogens with two attached hydrogens (primary N) is 1. The van der Waals surface area contributed by atoms with Crippen LogP contribution in [0, 0.1) is 5.92 Å². The first kappa shape index (κ1) is 13.2. The molecule has 2 atom stereocenters. The zero-order valence-electron chi connectivity index (χ0n) is 10.4. The van der Waals surface area contributed by atoms with Crippen LogP contribution in [0.5, 0.6) is 0 Å². The lowest BCUT2D eigenvalue weighted by Crippen LogP contribution is -2.49. The Morgan fingerprint density at radius 1 is 1.44 bits per heavy atom. The van der Waals surface area contributed by atoms with Crippen LogP contribution in [0.3, 0.4) is 0 Å². The van der Waals surface area contributed by atoms with E-state index in [1.807, 2.05) is 24.3 Å². The van der Waals surface area contributed by atoms with Crippen molar-refractivity contribution < 1.29 is 4.79 Å². The van der Waals surface area contributed by atoms with Crippen LogP contribution in [-0.4, -0.2) is 31.6 Å². The number of hydrogen-bond donors (Lipinski definition) is 2. The second-order valence-corrected chi connectivity index (χ2v) is 5.17. The van der Waals surface area contributed by atoms with Crippen molar-refractivity contribution in [3.05, 3.63) is 29.3 Å². The van der Waals surface area contributed by atoms with E-state index in [0.29, 0.717) is 24.0 Å². The second-order valence-electron chi connectivity index (χ2n) is 4.73. The van der Waals surface area contributed by atoms with Gasteiger partial charge in [-0.2, -0.15) is 0 Å². The molecule has 0 spiro atoms. The maximum Gasteiger partial charge on any atom is 0.244 e. The van der Waals surface area contributed by atoms with Crippen LogP contribution in [0.4, 0.5) is 5.69 Å². The van der Waals surface area contributed by atoms with Crippen LogP contribution >= 0.6 is 11.6 Å². The highest BCUT2D eigenvalue weighted by atomic mass is 35.5. The topological polar surface area (TPSA) is 58.4 Å². The number of halogens is 1. The van der Waals surface area contributed by atoms with E-state index in [1.165, 1.54) is 0 Å². The Morgan fingerprint density at radius 3 is 2.72 bits per heavy atom. The largest absolute Gasteiger partial charge is 0.358 e. The van der Waals surface area contributed by atoms with Crippen molar-refractivity contribution in [2.45, 2.75) is 13.0 Å². The van der Waals surface area contributed by atoms with E-state index in [9.17, 15) is 4.79 Å². The maximum atomic E-state index is 12.0. The molecule has 0 saturated carbocycles. The van der Waals surface area contributed by atoms with E-state index in [4.69, 9.17) is 17.3 Å². The summed E-state index contributed by atoms with van der Waals surface area (Å²) in [6, 6.07) is 7.21. The SMILES string of the molecule is CC1CNC(=O)C(CN)N(c2ccc(Cl)cc2)C1. The molecular formula is C13H18ClN3O. The lowest BCUT2D eigenvalue weighted by atomic mass is 10.1. The van der Waals surface area contributed by atoms with Crippen molar-refractivity contribution in [3.8, 4) is 0 Å². The lowest BCUT2D eigenvalue weighted by molar-refractivity contribution is -0.121.